The summed E-state index contributed by atoms with van der Waals surface area (Å²) in [6.07, 6.45) is 3.47. The molecule has 1 saturated heterocycles. The molecule has 0 spiro atoms. The summed E-state index contributed by atoms with van der Waals surface area (Å²) in [7, 11) is 0. The van der Waals surface area contributed by atoms with Gasteiger partial charge in [-0.3, -0.25) is 9.78 Å². The van der Waals surface area contributed by atoms with Gasteiger partial charge in [0.15, 0.2) is 0 Å². The lowest BCUT2D eigenvalue weighted by atomic mass is 10.0. The standard InChI is InChI=1S/C21H31N7O.ClH/c1-12(2)17-8-15(9-18(26-17)13(3)4)25-20-16(19(23)29)10-24-21(27-20)28-7-5-6-14(22)11-28;/h8-10,12-14H,5-7,11,22H2,1-4H3,(H2,23,29)(H,24,25,26,27);1H/t14-;/m0./s1. The number of piperidine rings is 1. The maximum absolute atomic E-state index is 12.0. The molecule has 0 aliphatic carbocycles. The van der Waals surface area contributed by atoms with Crippen LogP contribution >= 0.6 is 12.4 Å². The van der Waals surface area contributed by atoms with Crippen LogP contribution in [0.2, 0.25) is 0 Å². The maximum atomic E-state index is 12.0. The van der Waals surface area contributed by atoms with Gasteiger partial charge in [-0.25, -0.2) is 4.98 Å². The van der Waals surface area contributed by atoms with Crippen molar-refractivity contribution >= 4 is 35.8 Å². The predicted molar refractivity (Wildman–Crippen MR) is 123 cm³/mol. The zero-order valence-corrected chi connectivity index (χ0v) is 18.9. The van der Waals surface area contributed by atoms with Crippen LogP contribution in [0.5, 0.6) is 0 Å². The van der Waals surface area contributed by atoms with Gasteiger partial charge in [0.25, 0.3) is 5.91 Å². The van der Waals surface area contributed by atoms with Crippen molar-refractivity contribution in [3.05, 3.63) is 35.3 Å². The Kier molecular flexibility index (Phi) is 7.97. The lowest BCUT2D eigenvalue weighted by molar-refractivity contribution is 0.100. The molecule has 1 aliphatic rings. The molecule has 3 rings (SSSR count). The third-order valence-corrected chi connectivity index (χ3v) is 5.09. The van der Waals surface area contributed by atoms with E-state index in [9.17, 15) is 4.79 Å². The minimum absolute atomic E-state index is 0. The number of nitrogens with zero attached hydrogens (tertiary/aromatic N) is 4. The van der Waals surface area contributed by atoms with Crippen molar-refractivity contribution < 1.29 is 4.79 Å². The van der Waals surface area contributed by atoms with E-state index >= 15 is 0 Å². The van der Waals surface area contributed by atoms with E-state index in [1.54, 1.807) is 0 Å². The number of carbonyl (C=O) groups is 1. The van der Waals surface area contributed by atoms with Gasteiger partial charge in [-0.1, -0.05) is 27.7 Å². The summed E-state index contributed by atoms with van der Waals surface area (Å²) in [5, 5.41) is 3.29. The molecule has 1 fully saturated rings. The molecule has 0 radical (unpaired) electrons. The molecule has 1 atom stereocenters. The molecule has 1 aliphatic heterocycles. The van der Waals surface area contributed by atoms with Crippen LogP contribution in [0, 0.1) is 0 Å². The van der Waals surface area contributed by atoms with Gasteiger partial charge >= 0.3 is 0 Å². The van der Waals surface area contributed by atoms with Crippen molar-refractivity contribution in [1.82, 2.24) is 15.0 Å². The molecule has 1 amide bonds. The topological polar surface area (TPSA) is 123 Å². The number of rotatable bonds is 6. The van der Waals surface area contributed by atoms with E-state index in [-0.39, 0.29) is 35.8 Å². The van der Waals surface area contributed by atoms with E-state index in [0.717, 1.165) is 36.5 Å². The molecular weight excluding hydrogens is 402 g/mol. The molecule has 8 nitrogen and oxygen atoms in total. The second kappa shape index (κ2) is 10.0. The minimum atomic E-state index is -0.573. The molecule has 164 valence electrons. The fourth-order valence-corrected chi connectivity index (χ4v) is 3.37. The number of anilines is 3. The van der Waals surface area contributed by atoms with Crippen molar-refractivity contribution in [1.29, 1.82) is 0 Å². The first kappa shape index (κ1) is 23.8. The number of nitrogens with two attached hydrogens (primary N) is 2. The summed E-state index contributed by atoms with van der Waals surface area (Å²) in [5.74, 6) is 0.935. The van der Waals surface area contributed by atoms with Crippen molar-refractivity contribution in [2.45, 2.75) is 58.4 Å². The molecule has 5 N–H and O–H groups in total. The number of primary amides is 1. The number of nitrogens with one attached hydrogen (secondary N) is 1. The van der Waals surface area contributed by atoms with Gasteiger partial charge in [-0.2, -0.15) is 4.98 Å². The average molecular weight is 434 g/mol. The lowest BCUT2D eigenvalue weighted by Crippen LogP contribution is -2.43. The van der Waals surface area contributed by atoms with Gasteiger partial charge in [0.2, 0.25) is 5.95 Å². The molecule has 0 saturated carbocycles. The number of pyridine rings is 1. The van der Waals surface area contributed by atoms with E-state index in [2.05, 4.69) is 47.9 Å². The van der Waals surface area contributed by atoms with Crippen LogP contribution in [0.1, 0.15) is 74.1 Å². The molecule has 30 heavy (non-hydrogen) atoms. The molecule has 0 unspecified atom stereocenters. The van der Waals surface area contributed by atoms with Crippen LogP contribution in [0.3, 0.4) is 0 Å². The van der Waals surface area contributed by atoms with Gasteiger partial charge in [0.1, 0.15) is 11.4 Å². The van der Waals surface area contributed by atoms with E-state index in [4.69, 9.17) is 16.5 Å². The van der Waals surface area contributed by atoms with Gasteiger partial charge in [0.05, 0.1) is 0 Å². The Morgan fingerprint density at radius 2 is 1.80 bits per heavy atom. The van der Waals surface area contributed by atoms with Gasteiger partial charge < -0.3 is 21.7 Å². The van der Waals surface area contributed by atoms with E-state index in [0.29, 0.717) is 18.3 Å². The Bertz CT molecular complexity index is 861. The highest BCUT2D eigenvalue weighted by Gasteiger charge is 2.21. The highest BCUT2D eigenvalue weighted by Crippen LogP contribution is 2.27. The van der Waals surface area contributed by atoms with Crippen molar-refractivity contribution in [3.8, 4) is 0 Å². The number of aromatic nitrogens is 3. The Morgan fingerprint density at radius 1 is 1.17 bits per heavy atom. The number of hydrogen-bond donors (Lipinski definition) is 3. The van der Waals surface area contributed by atoms with E-state index in [1.165, 1.54) is 6.20 Å². The summed E-state index contributed by atoms with van der Waals surface area (Å²) in [6.45, 7) is 9.95. The fraction of sp³-hybridized carbons (Fsp3) is 0.524. The molecule has 0 bridgehead atoms. The van der Waals surface area contributed by atoms with Crippen LogP contribution in [0.15, 0.2) is 18.3 Å². The van der Waals surface area contributed by atoms with Crippen LogP contribution in [0.25, 0.3) is 0 Å². The zero-order valence-electron chi connectivity index (χ0n) is 18.1. The first-order valence-electron chi connectivity index (χ1n) is 10.2. The minimum Gasteiger partial charge on any atom is -0.365 e. The van der Waals surface area contributed by atoms with Gasteiger partial charge in [-0.05, 0) is 36.8 Å². The van der Waals surface area contributed by atoms with Crippen LogP contribution in [-0.4, -0.2) is 40.0 Å². The summed E-state index contributed by atoms with van der Waals surface area (Å²) in [5.41, 5.74) is 14.7. The zero-order chi connectivity index (χ0) is 21.1. The second-order valence-corrected chi connectivity index (χ2v) is 8.28. The highest BCUT2D eigenvalue weighted by molar-refractivity contribution is 5.98. The largest absolute Gasteiger partial charge is 0.365 e. The molecular formula is C21H32ClN7O. The fourth-order valence-electron chi connectivity index (χ4n) is 3.37. The van der Waals surface area contributed by atoms with E-state index < -0.39 is 5.91 Å². The third kappa shape index (κ3) is 5.58. The van der Waals surface area contributed by atoms with Crippen LogP contribution in [-0.2, 0) is 0 Å². The molecule has 2 aromatic rings. The second-order valence-electron chi connectivity index (χ2n) is 8.28. The SMILES string of the molecule is CC(C)c1cc(Nc2nc(N3CCC[C@H](N)C3)ncc2C(N)=O)cc(C(C)C)n1.Cl. The monoisotopic (exact) mass is 433 g/mol. The first-order chi connectivity index (χ1) is 13.7. The normalized spacial score (nSPS) is 16.5. The Hall–Kier alpha value is -2.45. The first-order valence-corrected chi connectivity index (χ1v) is 10.2. The number of amides is 1. The van der Waals surface area contributed by atoms with E-state index in [1.807, 2.05) is 12.1 Å². The lowest BCUT2D eigenvalue weighted by Gasteiger charge is -2.31. The quantitative estimate of drug-likeness (QED) is 0.638. The molecule has 2 aromatic heterocycles. The number of carbonyl (C=O) groups excluding carboxylic acids is 1. The Balaban J connectivity index is 0.00000320. The number of hydrogen-bond acceptors (Lipinski definition) is 7. The summed E-state index contributed by atoms with van der Waals surface area (Å²) in [6, 6.07) is 4.07. The summed E-state index contributed by atoms with van der Waals surface area (Å²) < 4.78 is 0. The summed E-state index contributed by atoms with van der Waals surface area (Å²) >= 11 is 0. The highest BCUT2D eigenvalue weighted by atomic mass is 35.5. The maximum Gasteiger partial charge on any atom is 0.254 e. The van der Waals surface area contributed by atoms with Crippen molar-refractivity contribution in [2.24, 2.45) is 11.5 Å². The Morgan fingerprint density at radius 3 is 2.33 bits per heavy atom. The van der Waals surface area contributed by atoms with Crippen molar-refractivity contribution in [2.75, 3.05) is 23.3 Å². The Labute approximate surface area is 184 Å². The van der Waals surface area contributed by atoms with Crippen molar-refractivity contribution in [3.63, 3.8) is 0 Å². The smallest absolute Gasteiger partial charge is 0.254 e. The van der Waals surface area contributed by atoms with Gasteiger partial charge in [0, 0.05) is 42.4 Å². The molecule has 9 heteroatoms. The van der Waals surface area contributed by atoms with Crippen LogP contribution in [0.4, 0.5) is 17.5 Å². The van der Waals surface area contributed by atoms with Gasteiger partial charge in [-0.15, -0.1) is 12.4 Å². The number of halogens is 1. The average Bonchev–Trinajstić information content (AvgIpc) is 2.67. The molecule has 0 aromatic carbocycles. The predicted octanol–water partition coefficient (Wildman–Crippen LogP) is 3.31. The third-order valence-electron chi connectivity index (χ3n) is 5.09. The van der Waals surface area contributed by atoms with Crippen LogP contribution < -0.4 is 21.7 Å². The molecule has 3 heterocycles. The summed E-state index contributed by atoms with van der Waals surface area (Å²) in [4.78, 5) is 27.7.